The molecule has 0 amide bonds. The first-order chi connectivity index (χ1) is 8.69. The Hall–Kier alpha value is -1.68. The quantitative estimate of drug-likeness (QED) is 0.812. The molecule has 0 saturated carbocycles. The van der Waals surface area contributed by atoms with Crippen LogP contribution < -0.4 is 0 Å². The Morgan fingerprint density at radius 1 is 1.11 bits per heavy atom. The maximum absolute atomic E-state index is 5.42. The van der Waals surface area contributed by atoms with Gasteiger partial charge in [0.25, 0.3) is 0 Å². The standard InChI is InChI=1S/C14H19N3O/c1-4-17(10-14-16-15-12(3)18-14)9-13-8-6-5-7-11(13)2/h5-8H,4,9-10H2,1-3H3. The van der Waals surface area contributed by atoms with E-state index in [1.165, 1.54) is 11.1 Å². The van der Waals surface area contributed by atoms with Crippen LogP contribution >= 0.6 is 0 Å². The van der Waals surface area contributed by atoms with Crippen molar-refractivity contribution in [2.45, 2.75) is 33.9 Å². The molecule has 0 aliphatic carbocycles. The van der Waals surface area contributed by atoms with Crippen molar-refractivity contribution in [3.05, 3.63) is 47.2 Å². The lowest BCUT2D eigenvalue weighted by atomic mass is 10.1. The molecule has 4 heteroatoms. The predicted octanol–water partition coefficient (Wildman–Crippen LogP) is 2.71. The van der Waals surface area contributed by atoms with Gasteiger partial charge in [-0.05, 0) is 24.6 Å². The Labute approximate surface area is 108 Å². The molecule has 0 aliphatic heterocycles. The molecule has 0 N–H and O–H groups in total. The van der Waals surface area contributed by atoms with Crippen LogP contribution in [0.2, 0.25) is 0 Å². The van der Waals surface area contributed by atoms with Gasteiger partial charge >= 0.3 is 0 Å². The van der Waals surface area contributed by atoms with Gasteiger partial charge in [0, 0.05) is 13.5 Å². The van der Waals surface area contributed by atoms with Crippen LogP contribution in [0.3, 0.4) is 0 Å². The van der Waals surface area contributed by atoms with Crippen molar-refractivity contribution in [3.8, 4) is 0 Å². The molecule has 0 spiro atoms. The summed E-state index contributed by atoms with van der Waals surface area (Å²) in [5.74, 6) is 1.31. The molecule has 1 aromatic carbocycles. The minimum absolute atomic E-state index is 0.622. The van der Waals surface area contributed by atoms with E-state index in [0.29, 0.717) is 18.3 Å². The Kier molecular flexibility index (Phi) is 4.10. The first-order valence-corrected chi connectivity index (χ1v) is 6.25. The van der Waals surface area contributed by atoms with Crippen LogP contribution in [0.1, 0.15) is 29.8 Å². The second-order valence-corrected chi connectivity index (χ2v) is 4.44. The van der Waals surface area contributed by atoms with Gasteiger partial charge in [0.05, 0.1) is 6.54 Å². The smallest absolute Gasteiger partial charge is 0.230 e. The fraction of sp³-hybridized carbons (Fsp3) is 0.429. The summed E-state index contributed by atoms with van der Waals surface area (Å²) in [6, 6.07) is 8.45. The van der Waals surface area contributed by atoms with E-state index in [4.69, 9.17) is 4.42 Å². The summed E-state index contributed by atoms with van der Waals surface area (Å²) in [7, 11) is 0. The third-order valence-electron chi connectivity index (χ3n) is 3.03. The van der Waals surface area contributed by atoms with Crippen molar-refractivity contribution < 1.29 is 4.42 Å². The lowest BCUT2D eigenvalue weighted by molar-refractivity contribution is 0.240. The van der Waals surface area contributed by atoms with Gasteiger partial charge < -0.3 is 4.42 Å². The van der Waals surface area contributed by atoms with E-state index in [1.54, 1.807) is 0 Å². The number of aromatic nitrogens is 2. The number of hydrogen-bond acceptors (Lipinski definition) is 4. The van der Waals surface area contributed by atoms with Gasteiger partial charge in [-0.1, -0.05) is 31.2 Å². The molecule has 0 radical (unpaired) electrons. The average molecular weight is 245 g/mol. The van der Waals surface area contributed by atoms with Crippen LogP contribution in [0.4, 0.5) is 0 Å². The molecule has 0 saturated heterocycles. The van der Waals surface area contributed by atoms with E-state index in [1.807, 2.05) is 6.92 Å². The molecule has 0 unspecified atom stereocenters. The molecule has 2 rings (SSSR count). The Balaban J connectivity index is 2.04. The molecule has 1 aromatic heterocycles. The van der Waals surface area contributed by atoms with Gasteiger partial charge in [-0.3, -0.25) is 4.90 Å². The summed E-state index contributed by atoms with van der Waals surface area (Å²) in [6.45, 7) is 8.65. The zero-order valence-electron chi connectivity index (χ0n) is 11.2. The second kappa shape index (κ2) is 5.78. The highest BCUT2D eigenvalue weighted by molar-refractivity contribution is 5.25. The molecular formula is C14H19N3O. The maximum Gasteiger partial charge on any atom is 0.230 e. The molecule has 18 heavy (non-hydrogen) atoms. The minimum atomic E-state index is 0.622. The van der Waals surface area contributed by atoms with E-state index >= 15 is 0 Å². The van der Waals surface area contributed by atoms with E-state index < -0.39 is 0 Å². The number of nitrogens with zero attached hydrogens (tertiary/aromatic N) is 3. The predicted molar refractivity (Wildman–Crippen MR) is 70.0 cm³/mol. The third-order valence-corrected chi connectivity index (χ3v) is 3.03. The van der Waals surface area contributed by atoms with Crippen molar-refractivity contribution in [1.82, 2.24) is 15.1 Å². The minimum Gasteiger partial charge on any atom is -0.424 e. The summed E-state index contributed by atoms with van der Waals surface area (Å²) >= 11 is 0. The number of benzene rings is 1. The lowest BCUT2D eigenvalue weighted by Gasteiger charge is -2.19. The van der Waals surface area contributed by atoms with Crippen LogP contribution in [-0.2, 0) is 13.1 Å². The summed E-state index contributed by atoms with van der Waals surface area (Å²) in [4.78, 5) is 2.29. The van der Waals surface area contributed by atoms with Gasteiger partial charge in [-0.25, -0.2) is 0 Å². The summed E-state index contributed by atoms with van der Waals surface area (Å²) in [5.41, 5.74) is 2.66. The monoisotopic (exact) mass is 245 g/mol. The van der Waals surface area contributed by atoms with Crippen molar-refractivity contribution in [2.24, 2.45) is 0 Å². The van der Waals surface area contributed by atoms with E-state index in [0.717, 1.165) is 13.1 Å². The Morgan fingerprint density at radius 2 is 1.89 bits per heavy atom. The highest BCUT2D eigenvalue weighted by Gasteiger charge is 2.10. The number of aryl methyl sites for hydroxylation is 2. The van der Waals surface area contributed by atoms with E-state index in [9.17, 15) is 0 Å². The highest BCUT2D eigenvalue weighted by atomic mass is 16.4. The molecule has 1 heterocycles. The normalized spacial score (nSPS) is 11.1. The zero-order valence-corrected chi connectivity index (χ0v) is 11.2. The lowest BCUT2D eigenvalue weighted by Crippen LogP contribution is -2.22. The van der Waals surface area contributed by atoms with Gasteiger partial charge in [0.2, 0.25) is 11.8 Å². The summed E-state index contributed by atoms with van der Waals surface area (Å²) < 4.78 is 5.42. The van der Waals surface area contributed by atoms with Crippen molar-refractivity contribution >= 4 is 0 Å². The largest absolute Gasteiger partial charge is 0.424 e. The molecular weight excluding hydrogens is 226 g/mol. The van der Waals surface area contributed by atoms with Crippen LogP contribution in [0.5, 0.6) is 0 Å². The maximum atomic E-state index is 5.42. The van der Waals surface area contributed by atoms with Crippen LogP contribution in [0.25, 0.3) is 0 Å². The highest BCUT2D eigenvalue weighted by Crippen LogP contribution is 2.12. The second-order valence-electron chi connectivity index (χ2n) is 4.44. The Morgan fingerprint density at radius 3 is 2.50 bits per heavy atom. The van der Waals surface area contributed by atoms with Crippen molar-refractivity contribution in [3.63, 3.8) is 0 Å². The van der Waals surface area contributed by atoms with Crippen LogP contribution in [0.15, 0.2) is 28.7 Å². The fourth-order valence-electron chi connectivity index (χ4n) is 1.90. The molecule has 0 bridgehead atoms. The van der Waals surface area contributed by atoms with E-state index in [2.05, 4.69) is 53.2 Å². The molecule has 0 atom stereocenters. The number of rotatable bonds is 5. The number of hydrogen-bond donors (Lipinski definition) is 0. The molecule has 96 valence electrons. The molecule has 4 nitrogen and oxygen atoms in total. The average Bonchev–Trinajstić information content (AvgIpc) is 2.76. The topological polar surface area (TPSA) is 42.2 Å². The van der Waals surface area contributed by atoms with Gasteiger partial charge in [-0.2, -0.15) is 0 Å². The fourth-order valence-corrected chi connectivity index (χ4v) is 1.90. The SMILES string of the molecule is CCN(Cc1nnc(C)o1)Cc1ccccc1C. The van der Waals surface area contributed by atoms with E-state index in [-0.39, 0.29) is 0 Å². The van der Waals surface area contributed by atoms with Crippen molar-refractivity contribution in [1.29, 1.82) is 0 Å². The van der Waals surface area contributed by atoms with Gasteiger partial charge in [-0.15, -0.1) is 10.2 Å². The first kappa shape index (κ1) is 12.8. The van der Waals surface area contributed by atoms with Crippen molar-refractivity contribution in [2.75, 3.05) is 6.54 Å². The molecule has 0 fully saturated rings. The molecule has 2 aromatic rings. The Bertz CT molecular complexity index is 507. The zero-order chi connectivity index (χ0) is 13.0. The van der Waals surface area contributed by atoms with Gasteiger partial charge in [0.1, 0.15) is 0 Å². The van der Waals surface area contributed by atoms with Crippen LogP contribution in [0, 0.1) is 13.8 Å². The third kappa shape index (κ3) is 3.17. The van der Waals surface area contributed by atoms with Gasteiger partial charge in [0.15, 0.2) is 0 Å². The summed E-state index contributed by atoms with van der Waals surface area (Å²) in [5, 5.41) is 7.89. The summed E-state index contributed by atoms with van der Waals surface area (Å²) in [6.07, 6.45) is 0. The molecule has 0 aliphatic rings. The first-order valence-electron chi connectivity index (χ1n) is 6.25. The van der Waals surface area contributed by atoms with Crippen LogP contribution in [-0.4, -0.2) is 21.6 Å².